The van der Waals surface area contributed by atoms with Gasteiger partial charge in [0.25, 0.3) is 5.91 Å². The van der Waals surface area contributed by atoms with Crippen molar-refractivity contribution < 1.29 is 36.2 Å². The highest BCUT2D eigenvalue weighted by Gasteiger charge is 2.30. The second kappa shape index (κ2) is 10.5. The number of aliphatic hydroxyl groups excluding tert-OH is 1. The van der Waals surface area contributed by atoms with Crippen molar-refractivity contribution in [3.8, 4) is 11.8 Å². The lowest BCUT2D eigenvalue weighted by Crippen LogP contribution is -2.30. The number of halogens is 3. The number of sulfone groups is 1. The summed E-state index contributed by atoms with van der Waals surface area (Å²) in [7, 11) is -3.38. The van der Waals surface area contributed by atoms with E-state index in [0.29, 0.717) is 23.1 Å². The fraction of sp³-hybridized carbons (Fsp3) is 0.231. The van der Waals surface area contributed by atoms with Gasteiger partial charge in [-0.2, -0.15) is 18.2 Å². The van der Waals surface area contributed by atoms with Gasteiger partial charge in [0.15, 0.2) is 9.84 Å². The zero-order valence-corrected chi connectivity index (χ0v) is 21.2. The number of hydrogen-bond donors (Lipinski definition) is 2. The molecule has 12 heteroatoms. The summed E-state index contributed by atoms with van der Waals surface area (Å²) < 4.78 is 69.3. The Labute approximate surface area is 216 Å². The first-order chi connectivity index (χ1) is 17.9. The third-order valence-electron chi connectivity index (χ3n) is 5.88. The molecule has 38 heavy (non-hydrogen) atoms. The molecule has 0 saturated heterocycles. The number of benzene rings is 3. The Bertz CT molecular complexity index is 1560. The molecule has 200 valence electrons. The normalized spacial score (nSPS) is 12.9. The summed E-state index contributed by atoms with van der Waals surface area (Å²) in [5, 5.41) is 12.5. The standard InChI is InChI=1S/C26H24F3N3O5S/c1-3-32-23-13-6-17(24(34)30-22(15-33)16-4-11-20(12-5-16)38(2,35)36)14-21(23)31-25(32)37-19-9-7-18(8-10-19)26(27,28)29/h4-14,22,33H,3,15H2,1-2H3,(H,30,34)/t22-/m0/s1. The predicted molar refractivity (Wildman–Crippen MR) is 134 cm³/mol. The van der Waals surface area contributed by atoms with Crippen LogP contribution in [0.25, 0.3) is 11.0 Å². The van der Waals surface area contributed by atoms with E-state index >= 15 is 0 Å². The van der Waals surface area contributed by atoms with Gasteiger partial charge in [0.05, 0.1) is 34.1 Å². The van der Waals surface area contributed by atoms with Crippen LogP contribution in [0.3, 0.4) is 0 Å². The van der Waals surface area contributed by atoms with Crippen molar-refractivity contribution in [2.24, 2.45) is 0 Å². The molecule has 1 atom stereocenters. The SMILES string of the molecule is CCn1c(Oc2ccc(C(F)(F)F)cc2)nc2cc(C(=O)N[C@@H](CO)c3ccc(S(C)(=O)=O)cc3)ccc21. The van der Waals surface area contributed by atoms with Gasteiger partial charge in [-0.3, -0.25) is 9.36 Å². The minimum Gasteiger partial charge on any atom is -0.425 e. The summed E-state index contributed by atoms with van der Waals surface area (Å²) in [6, 6.07) is 14.3. The molecule has 0 aliphatic heterocycles. The molecule has 0 aliphatic rings. The van der Waals surface area contributed by atoms with E-state index in [-0.39, 0.29) is 22.2 Å². The highest BCUT2D eigenvalue weighted by Crippen LogP contribution is 2.32. The smallest absolute Gasteiger partial charge is 0.416 e. The fourth-order valence-corrected chi connectivity index (χ4v) is 4.50. The minimum atomic E-state index is -4.46. The van der Waals surface area contributed by atoms with Crippen LogP contribution in [0, 0.1) is 0 Å². The summed E-state index contributed by atoms with van der Waals surface area (Å²) in [6.45, 7) is 1.89. The predicted octanol–water partition coefficient (Wildman–Crippen LogP) is 4.73. The van der Waals surface area contributed by atoms with Crippen LogP contribution < -0.4 is 10.1 Å². The maximum absolute atomic E-state index is 12.9. The Morgan fingerprint density at radius 2 is 1.74 bits per heavy atom. The van der Waals surface area contributed by atoms with E-state index < -0.39 is 40.1 Å². The van der Waals surface area contributed by atoms with Crippen LogP contribution in [0.1, 0.15) is 34.5 Å². The number of imidazole rings is 1. The topological polar surface area (TPSA) is 111 Å². The molecule has 2 N–H and O–H groups in total. The summed E-state index contributed by atoms with van der Waals surface area (Å²) in [5.41, 5.74) is 1.07. The van der Waals surface area contributed by atoms with Crippen molar-refractivity contribution in [1.29, 1.82) is 0 Å². The number of alkyl halides is 3. The summed E-state index contributed by atoms with van der Waals surface area (Å²) in [6.07, 6.45) is -3.37. The molecule has 4 rings (SSSR count). The van der Waals surface area contributed by atoms with Crippen molar-refractivity contribution >= 4 is 26.8 Å². The molecule has 3 aromatic carbocycles. The average molecular weight is 548 g/mol. The van der Waals surface area contributed by atoms with Gasteiger partial charge in [-0.1, -0.05) is 12.1 Å². The number of nitrogens with one attached hydrogen (secondary N) is 1. The Hall–Kier alpha value is -3.90. The molecular weight excluding hydrogens is 523 g/mol. The number of carbonyl (C=O) groups excluding carboxylic acids is 1. The van der Waals surface area contributed by atoms with E-state index in [2.05, 4.69) is 10.3 Å². The van der Waals surface area contributed by atoms with Gasteiger partial charge in [-0.15, -0.1) is 0 Å². The van der Waals surface area contributed by atoms with Gasteiger partial charge in [-0.25, -0.2) is 8.42 Å². The number of aromatic nitrogens is 2. The molecule has 0 radical (unpaired) electrons. The minimum absolute atomic E-state index is 0.121. The number of ether oxygens (including phenoxy) is 1. The van der Waals surface area contributed by atoms with Crippen LogP contribution in [0.2, 0.25) is 0 Å². The van der Waals surface area contributed by atoms with Crippen LogP contribution in [-0.4, -0.2) is 41.8 Å². The molecule has 0 bridgehead atoms. The average Bonchev–Trinajstić information content (AvgIpc) is 3.22. The Morgan fingerprint density at radius 3 is 2.29 bits per heavy atom. The fourth-order valence-electron chi connectivity index (χ4n) is 3.87. The number of aryl methyl sites for hydroxylation is 1. The van der Waals surface area contributed by atoms with Crippen molar-refractivity contribution in [1.82, 2.24) is 14.9 Å². The molecule has 0 fully saturated rings. The molecule has 0 unspecified atom stereocenters. The first-order valence-corrected chi connectivity index (χ1v) is 13.4. The van der Waals surface area contributed by atoms with Gasteiger partial charge < -0.3 is 15.2 Å². The highest BCUT2D eigenvalue weighted by molar-refractivity contribution is 7.90. The number of aliphatic hydroxyl groups is 1. The van der Waals surface area contributed by atoms with Crippen molar-refractivity contribution in [2.45, 2.75) is 30.6 Å². The van der Waals surface area contributed by atoms with Gasteiger partial charge in [-0.05, 0) is 67.1 Å². The molecule has 0 saturated carbocycles. The molecule has 1 aromatic heterocycles. The first-order valence-electron chi connectivity index (χ1n) is 11.5. The van der Waals surface area contributed by atoms with Crippen molar-refractivity contribution in [3.05, 3.63) is 83.4 Å². The Kier molecular flexibility index (Phi) is 7.47. The van der Waals surface area contributed by atoms with E-state index in [4.69, 9.17) is 4.74 Å². The van der Waals surface area contributed by atoms with Gasteiger partial charge in [0, 0.05) is 18.4 Å². The highest BCUT2D eigenvalue weighted by atomic mass is 32.2. The molecule has 4 aromatic rings. The van der Waals surface area contributed by atoms with Gasteiger partial charge >= 0.3 is 12.2 Å². The maximum Gasteiger partial charge on any atom is 0.416 e. The zero-order valence-electron chi connectivity index (χ0n) is 20.4. The summed E-state index contributed by atoms with van der Waals surface area (Å²) in [4.78, 5) is 17.5. The van der Waals surface area contributed by atoms with Crippen LogP contribution >= 0.6 is 0 Å². The van der Waals surface area contributed by atoms with Crippen LogP contribution in [0.4, 0.5) is 13.2 Å². The van der Waals surface area contributed by atoms with E-state index in [0.717, 1.165) is 18.4 Å². The molecule has 8 nitrogen and oxygen atoms in total. The zero-order chi connectivity index (χ0) is 27.7. The van der Waals surface area contributed by atoms with E-state index in [1.54, 1.807) is 16.7 Å². The van der Waals surface area contributed by atoms with Crippen LogP contribution in [-0.2, 0) is 22.6 Å². The lowest BCUT2D eigenvalue weighted by atomic mass is 10.1. The van der Waals surface area contributed by atoms with Crippen molar-refractivity contribution in [3.63, 3.8) is 0 Å². The molecular formula is C26H24F3N3O5S. The van der Waals surface area contributed by atoms with E-state index in [1.165, 1.54) is 42.5 Å². The largest absolute Gasteiger partial charge is 0.425 e. The third-order valence-corrected chi connectivity index (χ3v) is 7.01. The summed E-state index contributed by atoms with van der Waals surface area (Å²) >= 11 is 0. The lowest BCUT2D eigenvalue weighted by Gasteiger charge is -2.17. The maximum atomic E-state index is 12.9. The first kappa shape index (κ1) is 27.1. The molecule has 1 heterocycles. The summed E-state index contributed by atoms with van der Waals surface area (Å²) in [5.74, 6) is -0.317. The monoisotopic (exact) mass is 547 g/mol. The molecule has 0 aliphatic carbocycles. The van der Waals surface area contributed by atoms with Crippen LogP contribution in [0.5, 0.6) is 11.8 Å². The second-order valence-corrected chi connectivity index (χ2v) is 10.5. The number of fused-ring (bicyclic) bond motifs is 1. The van der Waals surface area contributed by atoms with Crippen molar-refractivity contribution in [2.75, 3.05) is 12.9 Å². The van der Waals surface area contributed by atoms with E-state index in [1.807, 2.05) is 6.92 Å². The number of hydrogen-bond acceptors (Lipinski definition) is 6. The lowest BCUT2D eigenvalue weighted by molar-refractivity contribution is -0.137. The molecule has 1 amide bonds. The Balaban J connectivity index is 1.55. The van der Waals surface area contributed by atoms with Gasteiger partial charge in [0.2, 0.25) is 0 Å². The number of amides is 1. The van der Waals surface area contributed by atoms with Crippen LogP contribution in [0.15, 0.2) is 71.6 Å². The third kappa shape index (κ3) is 5.81. The second-order valence-electron chi connectivity index (χ2n) is 8.52. The number of carbonyl (C=O) groups is 1. The number of rotatable bonds is 8. The van der Waals surface area contributed by atoms with E-state index in [9.17, 15) is 31.5 Å². The Morgan fingerprint density at radius 1 is 1.08 bits per heavy atom. The molecule has 0 spiro atoms. The quantitative estimate of drug-likeness (QED) is 0.330. The number of nitrogens with zero attached hydrogens (tertiary/aromatic N) is 2. The van der Waals surface area contributed by atoms with Gasteiger partial charge in [0.1, 0.15) is 5.75 Å².